The van der Waals surface area contributed by atoms with E-state index in [2.05, 4.69) is 43.9 Å². The molecule has 0 bridgehead atoms. The maximum atomic E-state index is 5.40. The Balaban J connectivity index is 1.87. The van der Waals surface area contributed by atoms with Crippen LogP contribution in [-0.4, -0.2) is 23.6 Å². The van der Waals surface area contributed by atoms with E-state index in [1.165, 1.54) is 17.9 Å². The molecule has 1 fully saturated rings. The molecule has 1 aliphatic rings. The summed E-state index contributed by atoms with van der Waals surface area (Å²) in [5.41, 5.74) is 0.419. The van der Waals surface area contributed by atoms with Crippen LogP contribution in [0.25, 0.3) is 0 Å². The zero-order valence-electron chi connectivity index (χ0n) is 11.0. The highest BCUT2D eigenvalue weighted by molar-refractivity contribution is 7.99. The van der Waals surface area contributed by atoms with Crippen molar-refractivity contribution in [3.63, 3.8) is 0 Å². The first-order valence-electron chi connectivity index (χ1n) is 6.44. The maximum Gasteiger partial charge on any atom is 0.105 e. The smallest absolute Gasteiger partial charge is 0.105 e. The van der Waals surface area contributed by atoms with E-state index in [1.807, 2.05) is 6.07 Å². The Labute approximate surface area is 109 Å². The van der Waals surface area contributed by atoms with Gasteiger partial charge in [-0.15, -0.1) is 0 Å². The van der Waals surface area contributed by atoms with E-state index in [1.54, 1.807) is 6.26 Å². The van der Waals surface area contributed by atoms with Crippen LogP contribution in [0.3, 0.4) is 0 Å². The summed E-state index contributed by atoms with van der Waals surface area (Å²) in [6.45, 7) is 7.01. The molecule has 0 aromatic carbocycles. The third kappa shape index (κ3) is 3.52. The summed E-state index contributed by atoms with van der Waals surface area (Å²) < 4.78 is 5.40. The normalized spacial score (nSPS) is 25.7. The second-order valence-corrected chi connectivity index (χ2v) is 6.87. The van der Waals surface area contributed by atoms with Crippen LogP contribution in [0.5, 0.6) is 0 Å². The van der Waals surface area contributed by atoms with Gasteiger partial charge in [0.1, 0.15) is 5.76 Å². The van der Waals surface area contributed by atoms with Crippen LogP contribution in [0.15, 0.2) is 22.8 Å². The minimum Gasteiger partial charge on any atom is -0.469 e. The molecule has 0 saturated carbocycles. The van der Waals surface area contributed by atoms with Crippen molar-refractivity contribution in [1.29, 1.82) is 0 Å². The summed E-state index contributed by atoms with van der Waals surface area (Å²) in [5.74, 6) is 3.61. The summed E-state index contributed by atoms with van der Waals surface area (Å²) in [4.78, 5) is 0. The van der Waals surface area contributed by atoms with E-state index in [-0.39, 0.29) is 0 Å². The zero-order valence-corrected chi connectivity index (χ0v) is 11.8. The molecule has 17 heavy (non-hydrogen) atoms. The lowest BCUT2D eigenvalue weighted by Gasteiger charge is -2.40. The van der Waals surface area contributed by atoms with E-state index in [9.17, 15) is 0 Å². The van der Waals surface area contributed by atoms with Crippen molar-refractivity contribution >= 4 is 11.8 Å². The molecule has 1 saturated heterocycles. The van der Waals surface area contributed by atoms with Crippen LogP contribution < -0.4 is 5.32 Å². The Kier molecular flexibility index (Phi) is 4.21. The van der Waals surface area contributed by atoms with E-state index >= 15 is 0 Å². The molecule has 1 aliphatic heterocycles. The van der Waals surface area contributed by atoms with Gasteiger partial charge in [0.05, 0.1) is 6.26 Å². The fourth-order valence-electron chi connectivity index (χ4n) is 2.34. The number of rotatable bonds is 4. The van der Waals surface area contributed by atoms with Crippen LogP contribution in [0.2, 0.25) is 0 Å². The minimum absolute atomic E-state index is 0.419. The Morgan fingerprint density at radius 1 is 1.59 bits per heavy atom. The number of hydrogen-bond acceptors (Lipinski definition) is 3. The average molecular weight is 253 g/mol. The summed E-state index contributed by atoms with van der Waals surface area (Å²) in [5, 5.41) is 3.77. The van der Waals surface area contributed by atoms with Gasteiger partial charge in [-0.05, 0) is 36.6 Å². The zero-order chi connectivity index (χ0) is 12.3. The Morgan fingerprint density at radius 2 is 2.41 bits per heavy atom. The highest BCUT2D eigenvalue weighted by atomic mass is 32.2. The third-order valence-corrected chi connectivity index (χ3v) is 4.75. The van der Waals surface area contributed by atoms with Crippen LogP contribution in [0.4, 0.5) is 0 Å². The molecular formula is C14H23NOS. The molecule has 2 atom stereocenters. The van der Waals surface area contributed by atoms with Gasteiger partial charge in [-0.25, -0.2) is 0 Å². The minimum atomic E-state index is 0.419. The summed E-state index contributed by atoms with van der Waals surface area (Å²) in [6, 6.07) is 5.11. The largest absolute Gasteiger partial charge is 0.469 e. The predicted molar refractivity (Wildman–Crippen MR) is 74.5 cm³/mol. The van der Waals surface area contributed by atoms with Gasteiger partial charge >= 0.3 is 0 Å². The van der Waals surface area contributed by atoms with E-state index < -0.39 is 0 Å². The van der Waals surface area contributed by atoms with E-state index in [4.69, 9.17) is 4.42 Å². The molecule has 2 unspecified atom stereocenters. The summed E-state index contributed by atoms with van der Waals surface area (Å²) in [7, 11) is 0. The monoisotopic (exact) mass is 253 g/mol. The first kappa shape index (κ1) is 13.0. The van der Waals surface area contributed by atoms with Crippen molar-refractivity contribution in [3.8, 4) is 0 Å². The molecule has 1 aromatic heterocycles. The fraction of sp³-hybridized carbons (Fsp3) is 0.714. The molecule has 96 valence electrons. The van der Waals surface area contributed by atoms with Gasteiger partial charge in [-0.1, -0.05) is 13.8 Å². The highest BCUT2D eigenvalue weighted by Gasteiger charge is 2.33. The van der Waals surface area contributed by atoms with Gasteiger partial charge in [-0.3, -0.25) is 0 Å². The van der Waals surface area contributed by atoms with Crippen LogP contribution in [0, 0.1) is 5.41 Å². The molecule has 0 aliphatic carbocycles. The van der Waals surface area contributed by atoms with Gasteiger partial charge in [0.15, 0.2) is 0 Å². The molecule has 3 heteroatoms. The highest BCUT2D eigenvalue weighted by Crippen LogP contribution is 2.34. The second-order valence-electron chi connectivity index (χ2n) is 5.72. The van der Waals surface area contributed by atoms with Crippen molar-refractivity contribution in [1.82, 2.24) is 5.32 Å². The van der Waals surface area contributed by atoms with E-state index in [0.717, 1.165) is 12.2 Å². The lowest BCUT2D eigenvalue weighted by atomic mass is 9.82. The van der Waals surface area contributed by atoms with Crippen molar-refractivity contribution in [2.45, 2.75) is 45.7 Å². The van der Waals surface area contributed by atoms with Gasteiger partial charge < -0.3 is 9.73 Å². The molecule has 0 spiro atoms. The Bertz CT molecular complexity index is 334. The molecule has 2 nitrogen and oxygen atoms in total. The molecule has 1 aromatic rings. The first-order chi connectivity index (χ1) is 8.08. The van der Waals surface area contributed by atoms with Crippen LogP contribution in [-0.2, 0) is 6.42 Å². The van der Waals surface area contributed by atoms with Crippen molar-refractivity contribution < 1.29 is 4.42 Å². The van der Waals surface area contributed by atoms with Gasteiger partial charge in [-0.2, -0.15) is 11.8 Å². The van der Waals surface area contributed by atoms with E-state index in [0.29, 0.717) is 17.5 Å². The number of thioether (sulfide) groups is 1. The second kappa shape index (κ2) is 5.49. The molecular weight excluding hydrogens is 230 g/mol. The van der Waals surface area contributed by atoms with Gasteiger partial charge in [0.2, 0.25) is 0 Å². The lowest BCUT2D eigenvalue weighted by Crippen LogP contribution is -2.50. The van der Waals surface area contributed by atoms with Crippen molar-refractivity contribution in [2.24, 2.45) is 5.41 Å². The summed E-state index contributed by atoms with van der Waals surface area (Å²) in [6.07, 6.45) is 4.04. The molecule has 1 N–H and O–H groups in total. The Hall–Kier alpha value is -0.410. The maximum absolute atomic E-state index is 5.40. The lowest BCUT2D eigenvalue weighted by molar-refractivity contribution is 0.228. The standard InChI is InChI=1S/C14H23NOS/c1-11(9-12-5-4-7-16-12)15-13-10-17-8-6-14(13,2)3/h4-5,7,11,13,15H,6,8-10H2,1-3H3. The third-order valence-electron chi connectivity index (χ3n) is 3.69. The quantitative estimate of drug-likeness (QED) is 0.891. The predicted octanol–water partition coefficient (Wildman–Crippen LogP) is 3.33. The molecule has 0 radical (unpaired) electrons. The van der Waals surface area contributed by atoms with Gasteiger partial charge in [0.25, 0.3) is 0 Å². The van der Waals surface area contributed by atoms with Crippen LogP contribution >= 0.6 is 11.8 Å². The number of nitrogens with one attached hydrogen (secondary N) is 1. The Morgan fingerprint density at radius 3 is 3.06 bits per heavy atom. The topological polar surface area (TPSA) is 25.2 Å². The van der Waals surface area contributed by atoms with Gasteiger partial charge in [0, 0.05) is 24.3 Å². The fourth-order valence-corrected chi connectivity index (χ4v) is 3.96. The first-order valence-corrected chi connectivity index (χ1v) is 7.59. The van der Waals surface area contributed by atoms with Crippen LogP contribution in [0.1, 0.15) is 33.0 Å². The average Bonchev–Trinajstić information content (AvgIpc) is 2.73. The van der Waals surface area contributed by atoms with Crippen molar-refractivity contribution in [3.05, 3.63) is 24.2 Å². The number of furan rings is 1. The SMILES string of the molecule is CC(Cc1ccco1)NC1CSCCC1(C)C. The van der Waals surface area contributed by atoms with Crippen molar-refractivity contribution in [2.75, 3.05) is 11.5 Å². The molecule has 0 amide bonds. The number of hydrogen-bond donors (Lipinski definition) is 1. The molecule has 2 rings (SSSR count). The molecule has 2 heterocycles. The summed E-state index contributed by atoms with van der Waals surface area (Å²) >= 11 is 2.07.